The molecule has 0 aliphatic heterocycles. The van der Waals surface area contributed by atoms with Crippen molar-refractivity contribution in [3.05, 3.63) is 17.5 Å². The molecular formula is C15H27N3. The molecule has 1 N–H and O–H groups in total. The molecule has 3 heteroatoms. The van der Waals surface area contributed by atoms with E-state index in [0.29, 0.717) is 16.9 Å². The van der Waals surface area contributed by atoms with E-state index in [4.69, 9.17) is 0 Å². The van der Waals surface area contributed by atoms with E-state index in [2.05, 4.69) is 58.2 Å². The molecule has 0 spiro atoms. The average molecular weight is 249 g/mol. The Bertz CT molecular complexity index is 429. The summed E-state index contributed by atoms with van der Waals surface area (Å²) in [5.41, 5.74) is 3.37. The summed E-state index contributed by atoms with van der Waals surface area (Å²) >= 11 is 0. The van der Waals surface area contributed by atoms with E-state index in [0.717, 1.165) is 18.2 Å². The van der Waals surface area contributed by atoms with Crippen LogP contribution >= 0.6 is 0 Å². The van der Waals surface area contributed by atoms with E-state index in [1.54, 1.807) is 0 Å². The molecule has 1 saturated carbocycles. The van der Waals surface area contributed by atoms with Crippen LogP contribution in [0.25, 0.3) is 0 Å². The van der Waals surface area contributed by atoms with Crippen LogP contribution in [0.5, 0.6) is 0 Å². The smallest absolute Gasteiger partial charge is 0.0641 e. The minimum atomic E-state index is 0.380. The van der Waals surface area contributed by atoms with Crippen molar-refractivity contribution in [1.82, 2.24) is 15.1 Å². The lowest BCUT2D eigenvalue weighted by molar-refractivity contribution is 0.457. The highest BCUT2D eigenvalue weighted by Crippen LogP contribution is 2.68. The molecule has 0 amide bonds. The summed E-state index contributed by atoms with van der Waals surface area (Å²) in [6, 6.07) is 0.380. The summed E-state index contributed by atoms with van der Waals surface area (Å²) in [6.07, 6.45) is 2.12. The van der Waals surface area contributed by atoms with Gasteiger partial charge in [0.15, 0.2) is 0 Å². The maximum atomic E-state index is 4.41. The second-order valence-electron chi connectivity index (χ2n) is 6.97. The van der Waals surface area contributed by atoms with E-state index in [1.807, 2.05) is 11.7 Å². The van der Waals surface area contributed by atoms with Gasteiger partial charge >= 0.3 is 0 Å². The predicted molar refractivity (Wildman–Crippen MR) is 75.4 cm³/mol. The van der Waals surface area contributed by atoms with E-state index < -0.39 is 0 Å². The fourth-order valence-corrected chi connectivity index (χ4v) is 3.29. The molecule has 1 fully saturated rings. The van der Waals surface area contributed by atoms with Crippen LogP contribution < -0.4 is 5.32 Å². The van der Waals surface area contributed by atoms with Crippen molar-refractivity contribution >= 4 is 0 Å². The summed E-state index contributed by atoms with van der Waals surface area (Å²) in [7, 11) is 1.98. The molecule has 0 aromatic carbocycles. The number of nitrogens with zero attached hydrogens (tertiary/aromatic N) is 2. The van der Waals surface area contributed by atoms with Crippen LogP contribution in [-0.2, 0) is 7.05 Å². The molecule has 18 heavy (non-hydrogen) atoms. The molecule has 1 unspecified atom stereocenters. The van der Waals surface area contributed by atoms with Gasteiger partial charge in [-0.05, 0) is 37.1 Å². The van der Waals surface area contributed by atoms with Gasteiger partial charge in [0.1, 0.15) is 0 Å². The maximum absolute atomic E-state index is 4.41. The minimum absolute atomic E-state index is 0.380. The van der Waals surface area contributed by atoms with Gasteiger partial charge in [0, 0.05) is 24.8 Å². The summed E-state index contributed by atoms with van der Waals surface area (Å²) in [4.78, 5) is 0. The SMILES string of the molecule is Cc1nn(C)cc1C(C)NCC1C(C)(C)C1(C)C. The third kappa shape index (κ3) is 1.99. The number of rotatable bonds is 4. The van der Waals surface area contributed by atoms with Gasteiger partial charge in [-0.3, -0.25) is 4.68 Å². The highest BCUT2D eigenvalue weighted by Gasteiger charge is 2.63. The Labute approximate surface area is 111 Å². The molecule has 1 atom stereocenters. The Balaban J connectivity index is 1.94. The maximum Gasteiger partial charge on any atom is 0.0641 e. The van der Waals surface area contributed by atoms with Gasteiger partial charge in [-0.15, -0.1) is 0 Å². The van der Waals surface area contributed by atoms with Crippen molar-refractivity contribution < 1.29 is 0 Å². The van der Waals surface area contributed by atoms with Crippen molar-refractivity contribution in [2.24, 2.45) is 23.8 Å². The van der Waals surface area contributed by atoms with E-state index in [-0.39, 0.29) is 0 Å². The van der Waals surface area contributed by atoms with Crippen molar-refractivity contribution in [1.29, 1.82) is 0 Å². The Morgan fingerprint density at radius 2 is 1.89 bits per heavy atom. The lowest BCUT2D eigenvalue weighted by Crippen LogP contribution is -2.23. The average Bonchev–Trinajstić information content (AvgIpc) is 2.54. The molecule has 0 bridgehead atoms. The highest BCUT2D eigenvalue weighted by molar-refractivity contribution is 5.20. The molecule has 0 saturated heterocycles. The van der Waals surface area contributed by atoms with Crippen molar-refractivity contribution in [3.8, 4) is 0 Å². The minimum Gasteiger partial charge on any atom is -0.310 e. The summed E-state index contributed by atoms with van der Waals surface area (Å²) in [6.45, 7) is 14.9. The first-order chi connectivity index (χ1) is 8.18. The second-order valence-corrected chi connectivity index (χ2v) is 6.97. The van der Waals surface area contributed by atoms with Gasteiger partial charge < -0.3 is 5.32 Å². The molecular weight excluding hydrogens is 222 g/mol. The van der Waals surface area contributed by atoms with Crippen molar-refractivity contribution in [2.75, 3.05) is 6.54 Å². The fraction of sp³-hybridized carbons (Fsp3) is 0.800. The van der Waals surface area contributed by atoms with Gasteiger partial charge in [0.05, 0.1) is 5.69 Å². The van der Waals surface area contributed by atoms with Crippen LogP contribution in [0, 0.1) is 23.7 Å². The van der Waals surface area contributed by atoms with E-state index >= 15 is 0 Å². The molecule has 1 aliphatic carbocycles. The number of hydrogen-bond donors (Lipinski definition) is 1. The lowest BCUT2D eigenvalue weighted by Gasteiger charge is -2.14. The molecule has 1 aliphatic rings. The number of hydrogen-bond acceptors (Lipinski definition) is 2. The summed E-state index contributed by atoms with van der Waals surface area (Å²) < 4.78 is 1.90. The lowest BCUT2D eigenvalue weighted by atomic mass is 10.0. The monoisotopic (exact) mass is 249 g/mol. The van der Waals surface area contributed by atoms with Gasteiger partial charge in [-0.1, -0.05) is 27.7 Å². The quantitative estimate of drug-likeness (QED) is 0.889. The predicted octanol–water partition coefficient (Wildman–Crippen LogP) is 3.06. The number of nitrogens with one attached hydrogen (secondary N) is 1. The highest BCUT2D eigenvalue weighted by atomic mass is 15.3. The van der Waals surface area contributed by atoms with Crippen molar-refractivity contribution in [3.63, 3.8) is 0 Å². The number of aryl methyl sites for hydroxylation is 2. The van der Waals surface area contributed by atoms with Crippen LogP contribution in [-0.4, -0.2) is 16.3 Å². The second kappa shape index (κ2) is 4.09. The van der Waals surface area contributed by atoms with Gasteiger partial charge in [-0.2, -0.15) is 5.10 Å². The zero-order valence-electron chi connectivity index (χ0n) is 12.8. The number of aromatic nitrogens is 2. The summed E-state index contributed by atoms with van der Waals surface area (Å²) in [5, 5.41) is 8.08. The molecule has 1 aromatic rings. The van der Waals surface area contributed by atoms with Crippen molar-refractivity contribution in [2.45, 2.75) is 47.6 Å². The molecule has 3 nitrogen and oxygen atoms in total. The van der Waals surface area contributed by atoms with Crippen LogP contribution in [0.1, 0.15) is 51.9 Å². The van der Waals surface area contributed by atoms with Crippen LogP contribution in [0.4, 0.5) is 0 Å². The van der Waals surface area contributed by atoms with Gasteiger partial charge in [-0.25, -0.2) is 0 Å². The third-order valence-corrected chi connectivity index (χ3v) is 5.47. The normalized spacial score (nSPS) is 23.1. The van der Waals surface area contributed by atoms with Crippen LogP contribution in [0.2, 0.25) is 0 Å². The van der Waals surface area contributed by atoms with E-state index in [1.165, 1.54) is 5.56 Å². The first kappa shape index (κ1) is 13.6. The van der Waals surface area contributed by atoms with E-state index in [9.17, 15) is 0 Å². The van der Waals surface area contributed by atoms with Gasteiger partial charge in [0.2, 0.25) is 0 Å². The zero-order chi connectivity index (χ0) is 13.7. The Morgan fingerprint density at radius 3 is 2.28 bits per heavy atom. The Kier molecular flexibility index (Phi) is 3.09. The third-order valence-electron chi connectivity index (χ3n) is 5.47. The first-order valence-electron chi connectivity index (χ1n) is 6.91. The topological polar surface area (TPSA) is 29.9 Å². The largest absolute Gasteiger partial charge is 0.310 e. The fourth-order valence-electron chi connectivity index (χ4n) is 3.29. The van der Waals surface area contributed by atoms with Crippen LogP contribution in [0.3, 0.4) is 0 Å². The Hall–Kier alpha value is -0.830. The molecule has 1 aromatic heterocycles. The van der Waals surface area contributed by atoms with Crippen LogP contribution in [0.15, 0.2) is 6.20 Å². The molecule has 1 heterocycles. The zero-order valence-corrected chi connectivity index (χ0v) is 12.8. The Morgan fingerprint density at radius 1 is 1.33 bits per heavy atom. The standard InChI is InChI=1S/C15H27N3/c1-10(12-9-18(7)17-11(12)2)16-8-13-14(3,4)15(13,5)6/h9-10,13,16H,8H2,1-7H3. The van der Waals surface area contributed by atoms with Gasteiger partial charge in [0.25, 0.3) is 0 Å². The molecule has 0 radical (unpaired) electrons. The summed E-state index contributed by atoms with van der Waals surface area (Å²) in [5.74, 6) is 0.768. The first-order valence-corrected chi connectivity index (χ1v) is 6.91. The molecule has 102 valence electrons. The molecule has 2 rings (SSSR count).